The van der Waals surface area contributed by atoms with Crippen molar-refractivity contribution in [1.29, 1.82) is 0 Å². The molecule has 0 atom stereocenters. The lowest BCUT2D eigenvalue weighted by Crippen LogP contribution is -2.14. The number of methoxy groups -OCH3 is 1. The van der Waals surface area contributed by atoms with Crippen molar-refractivity contribution in [1.82, 2.24) is 4.57 Å². The molecule has 0 aliphatic heterocycles. The van der Waals surface area contributed by atoms with Crippen molar-refractivity contribution < 1.29 is 19.0 Å². The highest BCUT2D eigenvalue weighted by Gasteiger charge is 2.27. The number of carbonyl (C=O) groups excluding carboxylic acids is 1. The molecule has 2 aliphatic rings. The minimum atomic E-state index is -0.322. The summed E-state index contributed by atoms with van der Waals surface area (Å²) in [7, 11) is 1.67. The molecule has 4 aromatic rings. The van der Waals surface area contributed by atoms with Gasteiger partial charge in [-0.15, -0.1) is 0 Å². The molecule has 1 saturated carbocycles. The average Bonchev–Trinajstić information content (AvgIpc) is 3.52. The Hall–Kier alpha value is -3.99. The lowest BCUT2D eigenvalue weighted by molar-refractivity contribution is 0.0516. The minimum absolute atomic E-state index is 0.307. The third-order valence-corrected chi connectivity index (χ3v) is 7.72. The predicted molar refractivity (Wildman–Crippen MR) is 155 cm³/mol. The molecule has 0 radical (unpaired) electrons. The zero-order valence-electron chi connectivity index (χ0n) is 22.7. The van der Waals surface area contributed by atoms with Gasteiger partial charge in [0.25, 0.3) is 0 Å². The first-order chi connectivity index (χ1) is 19.1. The lowest BCUT2D eigenvalue weighted by atomic mass is 9.98. The molecule has 0 amide bonds. The highest BCUT2D eigenvalue weighted by Crippen LogP contribution is 2.40. The second-order valence-electron chi connectivity index (χ2n) is 10.5. The van der Waals surface area contributed by atoms with Crippen LogP contribution in [0.15, 0.2) is 72.8 Å². The zero-order valence-corrected chi connectivity index (χ0v) is 22.7. The molecule has 0 saturated heterocycles. The van der Waals surface area contributed by atoms with E-state index in [0.717, 1.165) is 58.5 Å². The van der Waals surface area contributed by atoms with E-state index in [1.165, 1.54) is 30.4 Å². The molecule has 3 aromatic carbocycles. The lowest BCUT2D eigenvalue weighted by Gasteiger charge is -2.13. The summed E-state index contributed by atoms with van der Waals surface area (Å²) in [5, 5.41) is 1.05. The summed E-state index contributed by atoms with van der Waals surface area (Å²) in [6.07, 6.45) is 8.20. The van der Waals surface area contributed by atoms with E-state index in [-0.39, 0.29) is 5.97 Å². The summed E-state index contributed by atoms with van der Waals surface area (Å²) in [4.78, 5) is 13.7. The smallest absolute Gasteiger partial charge is 0.355 e. The van der Waals surface area contributed by atoms with E-state index in [1.807, 2.05) is 37.3 Å². The number of nitrogens with zero attached hydrogens (tertiary/aromatic N) is 1. The molecule has 1 heterocycles. The molecule has 39 heavy (non-hydrogen) atoms. The van der Waals surface area contributed by atoms with Gasteiger partial charge in [-0.05, 0) is 104 Å². The molecular weight excluding hydrogens is 486 g/mol. The predicted octanol–water partition coefficient (Wildman–Crippen LogP) is 7.90. The van der Waals surface area contributed by atoms with Crippen LogP contribution in [-0.2, 0) is 11.3 Å². The van der Waals surface area contributed by atoms with Crippen LogP contribution in [0, 0.1) is 5.92 Å². The standard InChI is InChI=1S/C34H35NO4/c1-3-38-34(36)33-32(27-11-7-13-29(19-27)39-22-23-14-15-23)30-20-26(25-9-4-5-10-25)16-17-31(30)35(33)21-24-8-6-12-28(18-24)37-2/h6-9,11-13,16-20,23H,3-5,10,14-15,21-22H2,1-2H3. The Balaban J connectivity index is 1.55. The molecule has 0 bridgehead atoms. The average molecular weight is 522 g/mol. The number of hydrogen-bond donors (Lipinski definition) is 0. The van der Waals surface area contributed by atoms with E-state index >= 15 is 0 Å². The van der Waals surface area contributed by atoms with Crippen LogP contribution in [-0.4, -0.2) is 30.9 Å². The van der Waals surface area contributed by atoms with E-state index in [0.29, 0.717) is 24.8 Å². The molecule has 1 aromatic heterocycles. The Labute approximate surface area is 230 Å². The molecule has 0 N–H and O–H groups in total. The monoisotopic (exact) mass is 521 g/mol. The number of ether oxygens (including phenoxy) is 3. The Morgan fingerprint density at radius 3 is 2.59 bits per heavy atom. The normalized spacial score (nSPS) is 14.9. The fraction of sp³-hybridized carbons (Fsp3) is 0.324. The summed E-state index contributed by atoms with van der Waals surface area (Å²) in [5.74, 6) is 1.96. The number of carbonyl (C=O) groups is 1. The summed E-state index contributed by atoms with van der Waals surface area (Å²) >= 11 is 0. The molecular formula is C34H35NO4. The van der Waals surface area contributed by atoms with Crippen molar-refractivity contribution >= 4 is 22.4 Å². The molecule has 0 spiro atoms. The Morgan fingerprint density at radius 1 is 0.974 bits per heavy atom. The van der Waals surface area contributed by atoms with Crippen LogP contribution in [0.1, 0.15) is 60.6 Å². The van der Waals surface area contributed by atoms with E-state index in [9.17, 15) is 4.79 Å². The van der Waals surface area contributed by atoms with Crippen LogP contribution in [0.3, 0.4) is 0 Å². The molecule has 5 heteroatoms. The van der Waals surface area contributed by atoms with Crippen LogP contribution in [0.5, 0.6) is 11.5 Å². The summed E-state index contributed by atoms with van der Waals surface area (Å²) < 4.78 is 19.4. The largest absolute Gasteiger partial charge is 0.497 e. The van der Waals surface area contributed by atoms with Gasteiger partial charge in [-0.1, -0.05) is 36.4 Å². The SMILES string of the molecule is CCOC(=O)c1c(-c2cccc(OCC3CC3)c2)c2cc(C3=CCCC3)ccc2n1Cc1cccc(OC)c1. The van der Waals surface area contributed by atoms with Gasteiger partial charge in [0.1, 0.15) is 17.2 Å². The van der Waals surface area contributed by atoms with Crippen LogP contribution in [0.2, 0.25) is 0 Å². The van der Waals surface area contributed by atoms with Crippen LogP contribution >= 0.6 is 0 Å². The van der Waals surface area contributed by atoms with Crippen molar-refractivity contribution in [3.63, 3.8) is 0 Å². The molecule has 6 rings (SSSR count). The van der Waals surface area contributed by atoms with Gasteiger partial charge in [-0.3, -0.25) is 0 Å². The number of allylic oxidation sites excluding steroid dienone is 2. The quantitative estimate of drug-likeness (QED) is 0.199. The number of fused-ring (bicyclic) bond motifs is 1. The maximum atomic E-state index is 13.7. The maximum Gasteiger partial charge on any atom is 0.355 e. The number of aromatic nitrogens is 1. The first-order valence-corrected chi connectivity index (χ1v) is 14.0. The number of hydrogen-bond acceptors (Lipinski definition) is 4. The van der Waals surface area contributed by atoms with Gasteiger partial charge in [-0.2, -0.15) is 0 Å². The topological polar surface area (TPSA) is 49.7 Å². The van der Waals surface area contributed by atoms with Crippen LogP contribution in [0.4, 0.5) is 0 Å². The second kappa shape index (κ2) is 11.0. The van der Waals surface area contributed by atoms with Gasteiger partial charge in [0.05, 0.1) is 20.3 Å². The third-order valence-electron chi connectivity index (χ3n) is 7.72. The van der Waals surface area contributed by atoms with Crippen LogP contribution < -0.4 is 9.47 Å². The molecule has 1 fully saturated rings. The summed E-state index contributed by atoms with van der Waals surface area (Å²) in [6, 6.07) is 22.7. The third kappa shape index (κ3) is 5.31. The fourth-order valence-electron chi connectivity index (χ4n) is 5.55. The van der Waals surface area contributed by atoms with Crippen LogP contribution in [0.25, 0.3) is 27.6 Å². The number of benzene rings is 3. The Morgan fingerprint density at radius 2 is 1.82 bits per heavy atom. The summed E-state index contributed by atoms with van der Waals surface area (Å²) in [6.45, 7) is 3.41. The van der Waals surface area contributed by atoms with Crippen molar-refractivity contribution in [2.45, 2.75) is 45.6 Å². The highest BCUT2D eigenvalue weighted by atomic mass is 16.5. The zero-order chi connectivity index (χ0) is 26.8. The summed E-state index contributed by atoms with van der Waals surface area (Å²) in [5.41, 5.74) is 7.06. The van der Waals surface area contributed by atoms with Gasteiger partial charge in [0.2, 0.25) is 0 Å². The van der Waals surface area contributed by atoms with E-state index in [4.69, 9.17) is 14.2 Å². The van der Waals surface area contributed by atoms with Gasteiger partial charge < -0.3 is 18.8 Å². The van der Waals surface area contributed by atoms with Crippen molar-refractivity contribution in [2.24, 2.45) is 5.92 Å². The Bertz CT molecular complexity index is 1540. The first-order valence-electron chi connectivity index (χ1n) is 14.0. The van der Waals surface area contributed by atoms with Crippen molar-refractivity contribution in [3.8, 4) is 22.6 Å². The maximum absolute atomic E-state index is 13.7. The van der Waals surface area contributed by atoms with Gasteiger partial charge >= 0.3 is 5.97 Å². The number of rotatable bonds is 10. The van der Waals surface area contributed by atoms with Gasteiger partial charge in [0, 0.05) is 23.0 Å². The van der Waals surface area contributed by atoms with E-state index in [2.05, 4.69) is 47.0 Å². The second-order valence-corrected chi connectivity index (χ2v) is 10.5. The fourth-order valence-corrected chi connectivity index (χ4v) is 5.55. The minimum Gasteiger partial charge on any atom is -0.497 e. The van der Waals surface area contributed by atoms with Gasteiger partial charge in [-0.25, -0.2) is 4.79 Å². The van der Waals surface area contributed by atoms with Crippen molar-refractivity contribution in [2.75, 3.05) is 20.3 Å². The molecule has 0 unspecified atom stereocenters. The highest BCUT2D eigenvalue weighted by molar-refractivity contribution is 6.09. The van der Waals surface area contributed by atoms with Gasteiger partial charge in [0.15, 0.2) is 0 Å². The molecule has 200 valence electrons. The Kier molecular flexibility index (Phi) is 7.14. The van der Waals surface area contributed by atoms with E-state index in [1.54, 1.807) is 7.11 Å². The van der Waals surface area contributed by atoms with Crippen molar-refractivity contribution in [3.05, 3.63) is 89.6 Å². The molecule has 2 aliphatic carbocycles. The molecule has 5 nitrogen and oxygen atoms in total. The van der Waals surface area contributed by atoms with E-state index < -0.39 is 0 Å². The first kappa shape index (κ1) is 25.3. The number of esters is 1.